The first-order valence-corrected chi connectivity index (χ1v) is 8.73. The molecule has 0 amide bonds. The van der Waals surface area contributed by atoms with E-state index in [2.05, 4.69) is 14.8 Å². The maximum absolute atomic E-state index is 10.8. The van der Waals surface area contributed by atoms with Crippen LogP contribution in [0.25, 0.3) is 0 Å². The summed E-state index contributed by atoms with van der Waals surface area (Å²) in [6, 6.07) is 6.22. The number of benzene rings is 1. The van der Waals surface area contributed by atoms with E-state index in [4.69, 9.17) is 0 Å². The van der Waals surface area contributed by atoms with Gasteiger partial charge in [0, 0.05) is 50.2 Å². The first kappa shape index (κ1) is 16.8. The molecule has 1 saturated heterocycles. The van der Waals surface area contributed by atoms with Crippen LogP contribution < -0.4 is 4.90 Å². The van der Waals surface area contributed by atoms with Crippen LogP contribution in [0.1, 0.15) is 17.4 Å². The van der Waals surface area contributed by atoms with Crippen molar-refractivity contribution in [1.29, 1.82) is 0 Å². The number of aliphatic hydroxyl groups is 1. The third-order valence-corrected chi connectivity index (χ3v) is 5.17. The van der Waals surface area contributed by atoms with Crippen LogP contribution in [0.5, 0.6) is 0 Å². The van der Waals surface area contributed by atoms with Crippen LogP contribution in [-0.2, 0) is 0 Å². The largest absolute Gasteiger partial charge is 0.387 e. The average molecular weight is 348 g/mol. The Hall–Kier alpha value is -2.03. The van der Waals surface area contributed by atoms with Gasteiger partial charge in [0.15, 0.2) is 5.13 Å². The number of non-ortho nitro benzene ring substituents is 1. The van der Waals surface area contributed by atoms with E-state index in [0.717, 1.165) is 37.0 Å². The summed E-state index contributed by atoms with van der Waals surface area (Å²) >= 11 is 1.66. The molecule has 1 atom stereocenters. The third-order valence-electron chi connectivity index (χ3n) is 4.15. The summed E-state index contributed by atoms with van der Waals surface area (Å²) in [4.78, 5) is 19.3. The summed E-state index contributed by atoms with van der Waals surface area (Å²) in [5, 5.41) is 24.3. The van der Waals surface area contributed by atoms with Crippen molar-refractivity contribution in [1.82, 2.24) is 9.88 Å². The van der Waals surface area contributed by atoms with Crippen LogP contribution in [0.15, 0.2) is 29.6 Å². The van der Waals surface area contributed by atoms with Gasteiger partial charge in [0.2, 0.25) is 0 Å². The van der Waals surface area contributed by atoms with E-state index in [1.54, 1.807) is 23.5 Å². The van der Waals surface area contributed by atoms with Crippen LogP contribution >= 0.6 is 11.3 Å². The predicted molar refractivity (Wildman–Crippen MR) is 93.6 cm³/mol. The number of nitrogens with zero attached hydrogens (tertiary/aromatic N) is 4. The van der Waals surface area contributed by atoms with Gasteiger partial charge in [0.1, 0.15) is 0 Å². The lowest BCUT2D eigenvalue weighted by molar-refractivity contribution is -0.385. The van der Waals surface area contributed by atoms with Crippen molar-refractivity contribution < 1.29 is 10.0 Å². The number of aromatic nitrogens is 1. The molecule has 0 radical (unpaired) electrons. The lowest BCUT2D eigenvalue weighted by Gasteiger charge is -2.35. The van der Waals surface area contributed by atoms with Crippen molar-refractivity contribution in [3.8, 4) is 0 Å². The molecule has 7 nitrogen and oxygen atoms in total. The molecule has 1 N–H and O–H groups in total. The number of hydrogen-bond acceptors (Lipinski definition) is 7. The van der Waals surface area contributed by atoms with Crippen molar-refractivity contribution in [3.63, 3.8) is 0 Å². The second-order valence-corrected chi connectivity index (χ2v) is 6.76. The Bertz CT molecular complexity index is 713. The van der Waals surface area contributed by atoms with Crippen LogP contribution in [0.4, 0.5) is 10.8 Å². The monoisotopic (exact) mass is 348 g/mol. The highest BCUT2D eigenvalue weighted by atomic mass is 32.1. The minimum absolute atomic E-state index is 0.00973. The highest BCUT2D eigenvalue weighted by molar-refractivity contribution is 7.13. The minimum atomic E-state index is -0.724. The SMILES string of the molecule is Cc1csc(N2CCN(CC(O)c3cccc([N+](=O)[O-])c3)CC2)n1. The quantitative estimate of drug-likeness (QED) is 0.659. The van der Waals surface area contributed by atoms with Crippen LogP contribution in [-0.4, -0.2) is 52.6 Å². The summed E-state index contributed by atoms with van der Waals surface area (Å²) in [5.74, 6) is 0. The first-order valence-electron chi connectivity index (χ1n) is 7.85. The summed E-state index contributed by atoms with van der Waals surface area (Å²) in [6.07, 6.45) is -0.724. The molecule has 2 aromatic rings. The average Bonchev–Trinajstić information content (AvgIpc) is 3.02. The Labute approximate surface area is 144 Å². The number of nitro benzene ring substituents is 1. The summed E-state index contributed by atoms with van der Waals surface area (Å²) in [6.45, 7) is 5.88. The standard InChI is InChI=1S/C16H20N4O3S/c1-12-11-24-16(17-12)19-7-5-18(6-8-19)10-15(21)13-3-2-4-14(9-13)20(22)23/h2-4,9,11,15,21H,5-8,10H2,1H3. The Morgan fingerprint density at radius 2 is 2.12 bits per heavy atom. The van der Waals surface area contributed by atoms with Gasteiger partial charge in [-0.15, -0.1) is 11.3 Å². The molecule has 128 valence electrons. The zero-order chi connectivity index (χ0) is 17.1. The van der Waals surface area contributed by atoms with Crippen molar-refractivity contribution >= 4 is 22.2 Å². The summed E-state index contributed by atoms with van der Waals surface area (Å²) in [7, 11) is 0. The number of aryl methyl sites for hydroxylation is 1. The number of piperazine rings is 1. The van der Waals surface area contributed by atoms with E-state index in [9.17, 15) is 15.2 Å². The van der Waals surface area contributed by atoms with Crippen molar-refractivity contribution in [2.24, 2.45) is 0 Å². The topological polar surface area (TPSA) is 82.7 Å². The van der Waals surface area contributed by atoms with Gasteiger partial charge < -0.3 is 10.0 Å². The molecule has 1 aliphatic rings. The van der Waals surface area contributed by atoms with Gasteiger partial charge in [0.25, 0.3) is 5.69 Å². The van der Waals surface area contributed by atoms with Gasteiger partial charge in [0.05, 0.1) is 16.7 Å². The Morgan fingerprint density at radius 1 is 1.38 bits per heavy atom. The molecule has 1 fully saturated rings. The van der Waals surface area contributed by atoms with Crippen molar-refractivity contribution in [2.45, 2.75) is 13.0 Å². The molecule has 24 heavy (non-hydrogen) atoms. The third kappa shape index (κ3) is 3.89. The molecule has 2 heterocycles. The molecule has 0 saturated carbocycles. The predicted octanol–water partition coefficient (Wildman–Crippen LogP) is 2.22. The van der Waals surface area contributed by atoms with Gasteiger partial charge in [-0.2, -0.15) is 0 Å². The maximum Gasteiger partial charge on any atom is 0.269 e. The van der Waals surface area contributed by atoms with E-state index in [1.807, 2.05) is 12.3 Å². The molecular weight excluding hydrogens is 328 g/mol. The van der Waals surface area contributed by atoms with Crippen LogP contribution in [0.2, 0.25) is 0 Å². The fourth-order valence-electron chi connectivity index (χ4n) is 2.80. The number of aliphatic hydroxyl groups excluding tert-OH is 1. The molecule has 1 aliphatic heterocycles. The van der Waals surface area contributed by atoms with E-state index >= 15 is 0 Å². The number of anilines is 1. The number of β-amino-alcohol motifs (C(OH)–C–C–N with tert-alkyl or cyclic N) is 1. The fourth-order valence-corrected chi connectivity index (χ4v) is 3.66. The molecule has 8 heteroatoms. The number of hydrogen-bond donors (Lipinski definition) is 1. The number of thiazole rings is 1. The van der Waals surface area contributed by atoms with Gasteiger partial charge in [-0.3, -0.25) is 15.0 Å². The summed E-state index contributed by atoms with van der Waals surface area (Å²) in [5.41, 5.74) is 1.64. The maximum atomic E-state index is 10.8. The van der Waals surface area contributed by atoms with Crippen LogP contribution in [0.3, 0.4) is 0 Å². The highest BCUT2D eigenvalue weighted by Crippen LogP contribution is 2.23. The van der Waals surface area contributed by atoms with Gasteiger partial charge in [-0.05, 0) is 12.5 Å². The molecule has 3 rings (SSSR count). The number of rotatable bonds is 5. The minimum Gasteiger partial charge on any atom is -0.387 e. The smallest absolute Gasteiger partial charge is 0.269 e. The molecule has 1 unspecified atom stereocenters. The van der Waals surface area contributed by atoms with Gasteiger partial charge >= 0.3 is 0 Å². The van der Waals surface area contributed by atoms with E-state index < -0.39 is 11.0 Å². The zero-order valence-electron chi connectivity index (χ0n) is 13.5. The van der Waals surface area contributed by atoms with Crippen LogP contribution in [0, 0.1) is 17.0 Å². The van der Waals surface area contributed by atoms with E-state index in [-0.39, 0.29) is 5.69 Å². The molecule has 0 spiro atoms. The second kappa shape index (κ2) is 7.25. The van der Waals surface area contributed by atoms with Gasteiger partial charge in [-0.1, -0.05) is 12.1 Å². The summed E-state index contributed by atoms with van der Waals surface area (Å²) < 4.78 is 0. The number of nitro groups is 1. The molecular formula is C16H20N4O3S. The Morgan fingerprint density at radius 3 is 2.75 bits per heavy atom. The highest BCUT2D eigenvalue weighted by Gasteiger charge is 2.22. The fraction of sp³-hybridized carbons (Fsp3) is 0.438. The van der Waals surface area contributed by atoms with Gasteiger partial charge in [-0.25, -0.2) is 4.98 Å². The van der Waals surface area contributed by atoms with E-state index in [1.165, 1.54) is 12.1 Å². The van der Waals surface area contributed by atoms with Crippen molar-refractivity contribution in [3.05, 3.63) is 51.0 Å². The second-order valence-electron chi connectivity index (χ2n) is 5.93. The molecule has 0 aliphatic carbocycles. The zero-order valence-corrected chi connectivity index (χ0v) is 14.3. The van der Waals surface area contributed by atoms with E-state index in [0.29, 0.717) is 12.1 Å². The Balaban J connectivity index is 1.55. The molecule has 1 aromatic carbocycles. The molecule has 1 aromatic heterocycles. The van der Waals surface area contributed by atoms with Crippen molar-refractivity contribution in [2.75, 3.05) is 37.6 Å². The lowest BCUT2D eigenvalue weighted by Crippen LogP contribution is -2.47. The Kier molecular flexibility index (Phi) is 5.08. The normalized spacial score (nSPS) is 17.0. The first-order chi connectivity index (χ1) is 11.5. The molecule has 0 bridgehead atoms. The lowest BCUT2D eigenvalue weighted by atomic mass is 10.1.